The van der Waals surface area contributed by atoms with Crippen LogP contribution in [0.1, 0.15) is 26.7 Å². The van der Waals surface area contributed by atoms with Gasteiger partial charge >= 0.3 is 0 Å². The third kappa shape index (κ3) is 1.96. The Labute approximate surface area is 62.2 Å². The molecule has 0 radical (unpaired) electrons. The van der Waals surface area contributed by atoms with Crippen molar-refractivity contribution in [2.45, 2.75) is 33.0 Å². The second-order valence-corrected chi connectivity index (χ2v) is 3.35. The fourth-order valence-electron chi connectivity index (χ4n) is 1.41. The molecule has 0 aromatic carbocycles. The Kier molecular flexibility index (Phi) is 2.69. The Morgan fingerprint density at radius 3 is 2.60 bits per heavy atom. The maximum atomic E-state index is 9.11. The first-order valence-corrected chi connectivity index (χ1v) is 4.00. The van der Waals surface area contributed by atoms with E-state index in [1.807, 2.05) is 0 Å². The van der Waals surface area contributed by atoms with Gasteiger partial charge in [0.25, 0.3) is 0 Å². The standard InChI is InChI=1S/C8H16O2/c1-6(2)7-3-4-10-8(9)5-7/h6-9H,3-5H2,1-2H3/t7-,8?/m1/s1. The Hall–Kier alpha value is -0.0800. The van der Waals surface area contributed by atoms with Crippen LogP contribution >= 0.6 is 0 Å². The first-order chi connectivity index (χ1) is 4.70. The lowest BCUT2D eigenvalue weighted by atomic mass is 9.88. The molecule has 0 aliphatic carbocycles. The van der Waals surface area contributed by atoms with Gasteiger partial charge in [-0.25, -0.2) is 0 Å². The molecule has 2 nitrogen and oxygen atoms in total. The second-order valence-electron chi connectivity index (χ2n) is 3.35. The van der Waals surface area contributed by atoms with Crippen LogP contribution in [-0.4, -0.2) is 18.0 Å². The quantitative estimate of drug-likeness (QED) is 0.602. The van der Waals surface area contributed by atoms with Crippen LogP contribution in [0.15, 0.2) is 0 Å². The van der Waals surface area contributed by atoms with Gasteiger partial charge in [-0.2, -0.15) is 0 Å². The van der Waals surface area contributed by atoms with Crippen LogP contribution in [0.5, 0.6) is 0 Å². The summed E-state index contributed by atoms with van der Waals surface area (Å²) in [6.45, 7) is 5.12. The van der Waals surface area contributed by atoms with Crippen molar-refractivity contribution in [3.63, 3.8) is 0 Å². The van der Waals surface area contributed by atoms with Crippen LogP contribution in [0.25, 0.3) is 0 Å². The van der Waals surface area contributed by atoms with Crippen LogP contribution in [0.4, 0.5) is 0 Å². The van der Waals surface area contributed by atoms with Crippen LogP contribution in [0, 0.1) is 11.8 Å². The van der Waals surface area contributed by atoms with Crippen molar-refractivity contribution in [3.8, 4) is 0 Å². The minimum Gasteiger partial charge on any atom is -0.368 e. The Balaban J connectivity index is 2.32. The van der Waals surface area contributed by atoms with Crippen LogP contribution in [0.2, 0.25) is 0 Å². The molecule has 10 heavy (non-hydrogen) atoms. The van der Waals surface area contributed by atoms with E-state index >= 15 is 0 Å². The van der Waals surface area contributed by atoms with Crippen LogP contribution < -0.4 is 0 Å². The summed E-state index contributed by atoms with van der Waals surface area (Å²) in [4.78, 5) is 0. The van der Waals surface area contributed by atoms with Crippen LogP contribution in [-0.2, 0) is 4.74 Å². The van der Waals surface area contributed by atoms with E-state index in [2.05, 4.69) is 13.8 Å². The Morgan fingerprint density at radius 1 is 1.50 bits per heavy atom. The topological polar surface area (TPSA) is 29.5 Å². The summed E-state index contributed by atoms with van der Waals surface area (Å²) in [6, 6.07) is 0. The van der Waals surface area contributed by atoms with Gasteiger partial charge in [0.2, 0.25) is 0 Å². The van der Waals surface area contributed by atoms with Gasteiger partial charge in [0.05, 0.1) is 0 Å². The molecule has 1 heterocycles. The lowest BCUT2D eigenvalue weighted by Gasteiger charge is -2.28. The third-order valence-electron chi connectivity index (χ3n) is 2.25. The van der Waals surface area contributed by atoms with Gasteiger partial charge in [0.15, 0.2) is 6.29 Å². The number of aliphatic hydroxyl groups is 1. The van der Waals surface area contributed by atoms with Crippen molar-refractivity contribution in [2.75, 3.05) is 6.61 Å². The van der Waals surface area contributed by atoms with Crippen molar-refractivity contribution >= 4 is 0 Å². The van der Waals surface area contributed by atoms with E-state index in [1.54, 1.807) is 0 Å². The summed E-state index contributed by atoms with van der Waals surface area (Å²) < 4.78 is 5.01. The van der Waals surface area contributed by atoms with Gasteiger partial charge in [0, 0.05) is 13.0 Å². The number of ether oxygens (including phenoxy) is 1. The second kappa shape index (κ2) is 3.35. The van der Waals surface area contributed by atoms with Gasteiger partial charge in [0.1, 0.15) is 0 Å². The summed E-state index contributed by atoms with van der Waals surface area (Å²) in [6.07, 6.45) is 1.42. The molecule has 1 fully saturated rings. The van der Waals surface area contributed by atoms with Gasteiger partial charge in [-0.15, -0.1) is 0 Å². The monoisotopic (exact) mass is 144 g/mol. The molecule has 1 N–H and O–H groups in total. The molecule has 0 aromatic heterocycles. The number of aliphatic hydroxyl groups excluding tert-OH is 1. The van der Waals surface area contributed by atoms with Crippen molar-refractivity contribution in [3.05, 3.63) is 0 Å². The predicted octanol–water partition coefficient (Wildman–Crippen LogP) is 1.39. The Morgan fingerprint density at radius 2 is 2.20 bits per heavy atom. The normalized spacial score (nSPS) is 34.8. The minimum absolute atomic E-state index is 0.499. The highest BCUT2D eigenvalue weighted by Gasteiger charge is 2.22. The molecule has 1 rings (SSSR count). The summed E-state index contributed by atoms with van der Waals surface area (Å²) in [5.74, 6) is 1.34. The lowest BCUT2D eigenvalue weighted by molar-refractivity contribution is -0.143. The SMILES string of the molecule is CC(C)[C@@H]1CCOC(O)C1. The first-order valence-electron chi connectivity index (χ1n) is 4.00. The van der Waals surface area contributed by atoms with Crippen molar-refractivity contribution in [1.82, 2.24) is 0 Å². The molecular weight excluding hydrogens is 128 g/mol. The van der Waals surface area contributed by atoms with Gasteiger partial charge in [-0.05, 0) is 18.3 Å². The third-order valence-corrected chi connectivity index (χ3v) is 2.25. The molecule has 0 aromatic rings. The molecule has 1 aliphatic heterocycles. The molecule has 60 valence electrons. The van der Waals surface area contributed by atoms with E-state index in [4.69, 9.17) is 9.84 Å². The molecule has 2 heteroatoms. The molecule has 1 aliphatic rings. The highest BCUT2D eigenvalue weighted by molar-refractivity contribution is 4.68. The van der Waals surface area contributed by atoms with Crippen molar-refractivity contribution in [1.29, 1.82) is 0 Å². The molecular formula is C8H16O2. The van der Waals surface area contributed by atoms with Crippen LogP contribution in [0.3, 0.4) is 0 Å². The molecule has 1 saturated heterocycles. The average Bonchev–Trinajstić information content (AvgIpc) is 1.88. The number of rotatable bonds is 1. The summed E-state index contributed by atoms with van der Waals surface area (Å²) in [7, 11) is 0. The number of hydrogen-bond acceptors (Lipinski definition) is 2. The molecule has 0 saturated carbocycles. The van der Waals surface area contributed by atoms with Crippen molar-refractivity contribution < 1.29 is 9.84 Å². The summed E-state index contributed by atoms with van der Waals surface area (Å²) in [5.41, 5.74) is 0. The molecule has 0 spiro atoms. The Bertz CT molecular complexity index is 101. The maximum absolute atomic E-state index is 9.11. The molecule has 0 bridgehead atoms. The van der Waals surface area contributed by atoms with E-state index in [9.17, 15) is 0 Å². The highest BCUT2D eigenvalue weighted by Crippen LogP contribution is 2.25. The van der Waals surface area contributed by atoms with E-state index in [-0.39, 0.29) is 0 Å². The zero-order chi connectivity index (χ0) is 7.56. The van der Waals surface area contributed by atoms with Gasteiger partial charge in [-0.1, -0.05) is 13.8 Å². The molecule has 2 atom stereocenters. The number of hydrogen-bond donors (Lipinski definition) is 1. The molecule has 1 unspecified atom stereocenters. The van der Waals surface area contributed by atoms with E-state index in [0.29, 0.717) is 11.8 Å². The minimum atomic E-state index is -0.499. The van der Waals surface area contributed by atoms with E-state index in [0.717, 1.165) is 19.4 Å². The smallest absolute Gasteiger partial charge is 0.154 e. The zero-order valence-corrected chi connectivity index (χ0v) is 6.71. The predicted molar refractivity (Wildman–Crippen MR) is 39.5 cm³/mol. The largest absolute Gasteiger partial charge is 0.368 e. The average molecular weight is 144 g/mol. The van der Waals surface area contributed by atoms with Crippen molar-refractivity contribution in [2.24, 2.45) is 11.8 Å². The first kappa shape index (κ1) is 8.02. The van der Waals surface area contributed by atoms with E-state index < -0.39 is 6.29 Å². The summed E-state index contributed by atoms with van der Waals surface area (Å²) in [5, 5.41) is 9.11. The molecule has 0 amide bonds. The fraction of sp³-hybridized carbons (Fsp3) is 1.00. The maximum Gasteiger partial charge on any atom is 0.154 e. The summed E-state index contributed by atoms with van der Waals surface area (Å²) >= 11 is 0. The lowest BCUT2D eigenvalue weighted by Crippen LogP contribution is -2.27. The van der Waals surface area contributed by atoms with Gasteiger partial charge < -0.3 is 9.84 Å². The highest BCUT2D eigenvalue weighted by atomic mass is 16.6. The van der Waals surface area contributed by atoms with Gasteiger partial charge in [-0.3, -0.25) is 0 Å². The van der Waals surface area contributed by atoms with E-state index in [1.165, 1.54) is 0 Å². The zero-order valence-electron chi connectivity index (χ0n) is 6.71. The fourth-order valence-corrected chi connectivity index (χ4v) is 1.41.